The SMILES string of the molecule is CC1=CCc2c1cc(NC(=O)C1CCCN(C(=O)c3c(C)cccc3F)C1c1ccc(NC3CCC[C@@H]3C(F)(F)F)cc1)cc2C1CCN(c2cccc(C3[C@@H](C(=O)Nc4cccc(C(C)(C)C)c4)CCCN3C(=O)c3c(C)cccc3F)c2)C1. The number of carbonyl (C=O) groups is 4. The highest BCUT2D eigenvalue weighted by Crippen LogP contribution is 2.46. The van der Waals surface area contributed by atoms with Crippen molar-refractivity contribution in [2.24, 2.45) is 17.8 Å². The molecular weight excluding hydrogens is 1080 g/mol. The maximum atomic E-state index is 15.7. The molecule has 10 nitrogen and oxygen atoms in total. The van der Waals surface area contributed by atoms with Gasteiger partial charge in [0.2, 0.25) is 11.8 Å². The first kappa shape index (κ1) is 58.9. The highest BCUT2D eigenvalue weighted by molar-refractivity contribution is 6.00. The zero-order valence-electron chi connectivity index (χ0n) is 49.2. The number of piperidine rings is 2. The van der Waals surface area contributed by atoms with E-state index in [0.29, 0.717) is 91.9 Å². The van der Waals surface area contributed by atoms with E-state index in [-0.39, 0.29) is 47.2 Å². The average molecular weight is 1160 g/mol. The normalized spacial score (nSPS) is 22.5. The lowest BCUT2D eigenvalue weighted by atomic mass is 9.82. The first-order valence-corrected chi connectivity index (χ1v) is 30.1. The van der Waals surface area contributed by atoms with Crippen molar-refractivity contribution in [3.8, 4) is 0 Å². The van der Waals surface area contributed by atoms with Crippen molar-refractivity contribution < 1.29 is 41.1 Å². The van der Waals surface area contributed by atoms with Gasteiger partial charge in [0, 0.05) is 60.9 Å². The molecule has 7 atom stereocenters. The van der Waals surface area contributed by atoms with Crippen LogP contribution in [0, 0.1) is 43.2 Å². The standard InChI is InChI=1S/C70H75F5N6O4/c1-41-26-31-52-55(41)38-50(78-66(83)53-20-12-33-80(67(84)61-42(2)14-7-23-58(61)71)63(53)44-27-29-48(30-28-44)76-60-25-11-22-57(60)70(73,74)75)39-56(52)46-32-35-79(40-46)51-19-9-16-45(36-51)64-54(65(82)77-49-18-10-17-47(37-49)69(4,5)6)21-13-34-81(64)68(85)62-43(3)15-8-24-59(62)72/h7-10,14-19,23-24,26-30,36-39,46,53-54,57,60,63-64,76H,11-13,20-22,25,31-35,40H2,1-6H3,(H,77,82)(H,78,83)/t46?,53?,54-,57-,60?,63?,64?/m0/s1. The van der Waals surface area contributed by atoms with Gasteiger partial charge >= 0.3 is 6.18 Å². The van der Waals surface area contributed by atoms with Gasteiger partial charge in [0.05, 0.1) is 41.0 Å². The zero-order valence-corrected chi connectivity index (χ0v) is 49.2. The van der Waals surface area contributed by atoms with E-state index in [1.165, 1.54) is 17.7 Å². The number of fused-ring (bicyclic) bond motifs is 1. The van der Waals surface area contributed by atoms with Gasteiger partial charge in [-0.2, -0.15) is 13.2 Å². The Labute approximate surface area is 495 Å². The number of carbonyl (C=O) groups excluding carboxylic acids is 4. The van der Waals surface area contributed by atoms with E-state index >= 15 is 13.6 Å². The molecule has 5 aliphatic rings. The van der Waals surface area contributed by atoms with E-state index in [1.54, 1.807) is 72.2 Å². The van der Waals surface area contributed by atoms with Gasteiger partial charge in [-0.05, 0) is 188 Å². The number of halogens is 5. The number of amides is 4. The summed E-state index contributed by atoms with van der Waals surface area (Å²) in [5, 5.41) is 9.58. The lowest BCUT2D eigenvalue weighted by Gasteiger charge is -2.41. The van der Waals surface area contributed by atoms with Crippen LogP contribution < -0.4 is 20.9 Å². The quantitative estimate of drug-likeness (QED) is 0.105. The van der Waals surface area contributed by atoms with E-state index < -0.39 is 65.5 Å². The minimum atomic E-state index is -4.33. The summed E-state index contributed by atoms with van der Waals surface area (Å²) in [6, 6.07) is 33.7. The second-order valence-corrected chi connectivity index (χ2v) is 25.2. The third-order valence-corrected chi connectivity index (χ3v) is 18.7. The van der Waals surface area contributed by atoms with Crippen LogP contribution in [-0.2, 0) is 21.4 Å². The molecular formula is C70H75F5N6O4. The Bertz CT molecular complexity index is 3530. The van der Waals surface area contributed by atoms with Crippen LogP contribution in [-0.4, -0.2) is 71.8 Å². The Balaban J connectivity index is 0.870. The Morgan fingerprint density at radius 2 is 1.18 bits per heavy atom. The summed E-state index contributed by atoms with van der Waals surface area (Å²) in [5.74, 6) is -5.62. The molecule has 0 spiro atoms. The predicted octanol–water partition coefficient (Wildman–Crippen LogP) is 15.4. The van der Waals surface area contributed by atoms with E-state index in [4.69, 9.17) is 0 Å². The molecule has 3 N–H and O–H groups in total. The number of benzene rings is 6. The third kappa shape index (κ3) is 12.1. The van der Waals surface area contributed by atoms with E-state index in [0.717, 1.165) is 46.4 Å². The third-order valence-electron chi connectivity index (χ3n) is 18.7. The average Bonchev–Trinajstić information content (AvgIpc) is 2.40. The topological polar surface area (TPSA) is 114 Å². The molecule has 0 bridgehead atoms. The second-order valence-electron chi connectivity index (χ2n) is 25.2. The molecule has 5 unspecified atom stereocenters. The molecule has 85 heavy (non-hydrogen) atoms. The van der Waals surface area contributed by atoms with Crippen LogP contribution in [0.15, 0.2) is 127 Å². The molecule has 6 aromatic rings. The minimum absolute atomic E-state index is 0.00110. The van der Waals surface area contributed by atoms with Gasteiger partial charge in [-0.1, -0.05) is 93.9 Å². The molecule has 4 amide bonds. The molecule has 0 aromatic heterocycles. The fourth-order valence-corrected chi connectivity index (χ4v) is 14.2. The highest BCUT2D eigenvalue weighted by Gasteiger charge is 2.48. The highest BCUT2D eigenvalue weighted by atomic mass is 19.4. The van der Waals surface area contributed by atoms with Crippen LogP contribution in [0.4, 0.5) is 44.7 Å². The summed E-state index contributed by atoms with van der Waals surface area (Å²) < 4.78 is 73.1. The largest absolute Gasteiger partial charge is 0.393 e. The van der Waals surface area contributed by atoms with Crippen molar-refractivity contribution in [2.75, 3.05) is 47.0 Å². The molecule has 15 heteroatoms. The zero-order chi connectivity index (χ0) is 60.1. The fourth-order valence-electron chi connectivity index (χ4n) is 14.2. The second kappa shape index (κ2) is 23.9. The van der Waals surface area contributed by atoms with E-state index in [9.17, 15) is 27.6 Å². The Morgan fingerprint density at radius 1 is 0.576 bits per heavy atom. The first-order valence-electron chi connectivity index (χ1n) is 30.1. The lowest BCUT2D eigenvalue weighted by molar-refractivity contribution is -0.174. The maximum Gasteiger partial charge on any atom is 0.393 e. The van der Waals surface area contributed by atoms with Gasteiger partial charge in [0.15, 0.2) is 0 Å². The van der Waals surface area contributed by atoms with Gasteiger partial charge in [0.1, 0.15) is 11.6 Å². The summed E-state index contributed by atoms with van der Waals surface area (Å²) in [7, 11) is 0. The first-order chi connectivity index (χ1) is 40.6. The molecule has 1 saturated carbocycles. The molecule has 3 heterocycles. The Kier molecular flexibility index (Phi) is 16.6. The molecule has 3 aliphatic heterocycles. The lowest BCUT2D eigenvalue weighted by Crippen LogP contribution is -2.46. The van der Waals surface area contributed by atoms with Gasteiger partial charge in [-0.3, -0.25) is 19.2 Å². The number of likely N-dealkylation sites (tertiary alicyclic amines) is 2. The minimum Gasteiger partial charge on any atom is -0.382 e. The predicted molar refractivity (Wildman–Crippen MR) is 325 cm³/mol. The van der Waals surface area contributed by atoms with Gasteiger partial charge in [-0.25, -0.2) is 8.78 Å². The van der Waals surface area contributed by atoms with Crippen molar-refractivity contribution in [3.05, 3.63) is 195 Å². The van der Waals surface area contributed by atoms with Crippen LogP contribution in [0.25, 0.3) is 5.57 Å². The number of nitrogens with one attached hydrogen (secondary N) is 3. The molecule has 11 rings (SSSR count). The van der Waals surface area contributed by atoms with Crippen LogP contribution in [0.2, 0.25) is 0 Å². The van der Waals surface area contributed by atoms with Crippen molar-refractivity contribution in [1.29, 1.82) is 0 Å². The number of allylic oxidation sites excluding steroid dienone is 2. The number of nitrogens with zero attached hydrogens (tertiary/aromatic N) is 3. The Hall–Kier alpha value is -7.81. The van der Waals surface area contributed by atoms with Crippen LogP contribution >= 0.6 is 0 Å². The molecule has 444 valence electrons. The summed E-state index contributed by atoms with van der Waals surface area (Å²) in [6.07, 6.45) is 2.28. The smallest absolute Gasteiger partial charge is 0.382 e. The molecule has 2 aliphatic carbocycles. The van der Waals surface area contributed by atoms with Crippen molar-refractivity contribution in [2.45, 2.75) is 135 Å². The summed E-state index contributed by atoms with van der Waals surface area (Å²) in [6.45, 7) is 13.8. The molecule has 4 fully saturated rings. The maximum absolute atomic E-state index is 15.7. The number of aryl methyl sites for hydroxylation is 2. The van der Waals surface area contributed by atoms with Gasteiger partial charge < -0.3 is 30.7 Å². The van der Waals surface area contributed by atoms with E-state index in [1.807, 2.05) is 48.5 Å². The molecule has 0 radical (unpaired) electrons. The number of alkyl halides is 3. The molecule has 6 aromatic carbocycles. The van der Waals surface area contributed by atoms with Crippen molar-refractivity contribution >= 4 is 52.0 Å². The summed E-state index contributed by atoms with van der Waals surface area (Å²) >= 11 is 0. The van der Waals surface area contributed by atoms with Gasteiger partial charge in [-0.15, -0.1) is 0 Å². The van der Waals surface area contributed by atoms with Crippen LogP contribution in [0.1, 0.15) is 162 Å². The van der Waals surface area contributed by atoms with Crippen molar-refractivity contribution in [3.63, 3.8) is 0 Å². The van der Waals surface area contributed by atoms with Gasteiger partial charge in [0.25, 0.3) is 11.8 Å². The van der Waals surface area contributed by atoms with Crippen LogP contribution in [0.3, 0.4) is 0 Å². The van der Waals surface area contributed by atoms with Crippen LogP contribution in [0.5, 0.6) is 0 Å². The Morgan fingerprint density at radius 3 is 1.79 bits per heavy atom. The summed E-state index contributed by atoms with van der Waals surface area (Å²) in [4.78, 5) is 64.6. The van der Waals surface area contributed by atoms with E-state index in [2.05, 4.69) is 66.8 Å². The number of hydrogen-bond acceptors (Lipinski definition) is 6. The number of anilines is 4. The molecule has 3 saturated heterocycles. The summed E-state index contributed by atoms with van der Waals surface area (Å²) in [5.41, 5.74) is 10.4. The van der Waals surface area contributed by atoms with Crippen molar-refractivity contribution in [1.82, 2.24) is 9.80 Å². The monoisotopic (exact) mass is 1160 g/mol. The fraction of sp³-hybridized carbons (Fsp3) is 0.400. The number of rotatable bonds is 12. The number of hydrogen-bond donors (Lipinski definition) is 3.